The molecule has 2 N–H and O–H groups in total. The number of nitrogens with one attached hydrogen (secondary N) is 2. The molecule has 0 spiro atoms. The van der Waals surface area contributed by atoms with Crippen LogP contribution in [0, 0.1) is 19.7 Å². The fraction of sp³-hybridized carbons (Fsp3) is 0.235. The number of rotatable bonds is 7. The van der Waals surface area contributed by atoms with Crippen LogP contribution in [0.25, 0.3) is 5.82 Å². The van der Waals surface area contributed by atoms with Gasteiger partial charge in [0.1, 0.15) is 11.6 Å². The van der Waals surface area contributed by atoms with Gasteiger partial charge in [-0.15, -0.1) is 10.2 Å². The van der Waals surface area contributed by atoms with Crippen LogP contribution >= 0.6 is 0 Å². The number of nitrogens with zero attached hydrogens (tertiary/aromatic N) is 4. The molecular weight excluding hydrogens is 371 g/mol. The van der Waals surface area contributed by atoms with E-state index < -0.39 is 15.8 Å². The Hall–Kier alpha value is -2.85. The minimum absolute atomic E-state index is 0.0579. The normalized spacial score (nSPS) is 11.5. The molecule has 2 aromatic heterocycles. The molecule has 0 atom stereocenters. The van der Waals surface area contributed by atoms with E-state index in [0.29, 0.717) is 23.7 Å². The van der Waals surface area contributed by atoms with E-state index in [1.807, 2.05) is 13.0 Å². The van der Waals surface area contributed by atoms with Gasteiger partial charge >= 0.3 is 0 Å². The number of halogens is 1. The number of anilines is 1. The molecule has 0 amide bonds. The van der Waals surface area contributed by atoms with E-state index in [9.17, 15) is 12.8 Å². The van der Waals surface area contributed by atoms with Crippen LogP contribution in [0.1, 0.15) is 11.3 Å². The van der Waals surface area contributed by atoms with E-state index in [4.69, 9.17) is 0 Å². The molecule has 0 saturated heterocycles. The lowest BCUT2D eigenvalue weighted by atomic mass is 10.2. The second kappa shape index (κ2) is 7.80. The molecular formula is C17H19FN6O2S. The van der Waals surface area contributed by atoms with E-state index in [0.717, 1.165) is 11.8 Å². The summed E-state index contributed by atoms with van der Waals surface area (Å²) in [5.74, 6) is 0.626. The van der Waals surface area contributed by atoms with Crippen LogP contribution in [0.4, 0.5) is 10.2 Å². The third-order valence-corrected chi connectivity index (χ3v) is 5.38. The Kier molecular flexibility index (Phi) is 5.47. The minimum Gasteiger partial charge on any atom is -0.367 e. The fourth-order valence-electron chi connectivity index (χ4n) is 2.45. The average molecular weight is 390 g/mol. The highest BCUT2D eigenvalue weighted by atomic mass is 32.2. The molecule has 3 rings (SSSR count). The highest BCUT2D eigenvalue weighted by Gasteiger charge is 2.16. The Morgan fingerprint density at radius 1 is 1.07 bits per heavy atom. The van der Waals surface area contributed by atoms with Crippen LogP contribution in [-0.2, 0) is 10.0 Å². The van der Waals surface area contributed by atoms with E-state index in [2.05, 4.69) is 25.3 Å². The number of aromatic nitrogens is 4. The van der Waals surface area contributed by atoms with Crippen molar-refractivity contribution < 1.29 is 12.8 Å². The highest BCUT2D eigenvalue weighted by Crippen LogP contribution is 2.15. The molecule has 0 aliphatic carbocycles. The summed E-state index contributed by atoms with van der Waals surface area (Å²) in [6, 6.07) is 8.92. The summed E-state index contributed by atoms with van der Waals surface area (Å²) in [6.07, 6.45) is 1.79. The first kappa shape index (κ1) is 18.9. The lowest BCUT2D eigenvalue weighted by molar-refractivity contribution is 0.581. The standard InChI is InChI=1S/C17H19FN6O2S/c1-12-11-14(18)3-4-15(12)27(25,26)20-9-8-19-16-5-6-17(22-21-16)24-10-7-13(2)23-24/h3-7,10-11,20H,8-9H2,1-2H3,(H,19,21). The van der Waals surface area contributed by atoms with Crippen molar-refractivity contribution in [1.29, 1.82) is 0 Å². The molecule has 27 heavy (non-hydrogen) atoms. The van der Waals surface area contributed by atoms with Crippen LogP contribution in [-0.4, -0.2) is 41.5 Å². The number of hydrogen-bond acceptors (Lipinski definition) is 6. The predicted octanol–water partition coefficient (Wildman–Crippen LogP) is 1.81. The minimum atomic E-state index is -3.71. The van der Waals surface area contributed by atoms with Gasteiger partial charge in [-0.1, -0.05) is 0 Å². The van der Waals surface area contributed by atoms with Crippen molar-refractivity contribution in [2.24, 2.45) is 0 Å². The maximum atomic E-state index is 13.1. The van der Waals surface area contributed by atoms with Gasteiger partial charge in [-0.25, -0.2) is 22.2 Å². The van der Waals surface area contributed by atoms with Crippen molar-refractivity contribution in [2.45, 2.75) is 18.7 Å². The van der Waals surface area contributed by atoms with E-state index in [1.54, 1.807) is 29.9 Å². The zero-order valence-electron chi connectivity index (χ0n) is 14.8. The van der Waals surface area contributed by atoms with Gasteiger partial charge in [0.2, 0.25) is 10.0 Å². The predicted molar refractivity (Wildman–Crippen MR) is 98.7 cm³/mol. The zero-order chi connectivity index (χ0) is 19.4. The van der Waals surface area contributed by atoms with Gasteiger partial charge in [-0.05, 0) is 55.8 Å². The molecule has 10 heteroatoms. The molecule has 8 nitrogen and oxygen atoms in total. The molecule has 3 aromatic rings. The van der Waals surface area contributed by atoms with Crippen LogP contribution in [0.2, 0.25) is 0 Å². The van der Waals surface area contributed by atoms with Crippen LogP contribution < -0.4 is 10.0 Å². The third-order valence-electron chi connectivity index (χ3n) is 3.76. The Morgan fingerprint density at radius 3 is 2.52 bits per heavy atom. The largest absolute Gasteiger partial charge is 0.367 e. The SMILES string of the molecule is Cc1ccn(-c2ccc(NCCNS(=O)(=O)c3ccc(F)cc3C)nn2)n1. The van der Waals surface area contributed by atoms with Gasteiger partial charge in [0.05, 0.1) is 10.6 Å². The number of sulfonamides is 1. The van der Waals surface area contributed by atoms with Gasteiger partial charge in [0, 0.05) is 19.3 Å². The summed E-state index contributed by atoms with van der Waals surface area (Å²) >= 11 is 0. The maximum Gasteiger partial charge on any atom is 0.240 e. The van der Waals surface area contributed by atoms with Crippen molar-refractivity contribution in [3.8, 4) is 5.82 Å². The summed E-state index contributed by atoms with van der Waals surface area (Å²) in [7, 11) is -3.71. The lowest BCUT2D eigenvalue weighted by Gasteiger charge is -2.10. The second-order valence-electron chi connectivity index (χ2n) is 5.91. The first-order valence-corrected chi connectivity index (χ1v) is 9.69. The zero-order valence-corrected chi connectivity index (χ0v) is 15.7. The summed E-state index contributed by atoms with van der Waals surface area (Å²) < 4.78 is 41.8. The maximum absolute atomic E-state index is 13.1. The summed E-state index contributed by atoms with van der Waals surface area (Å²) in [5, 5.41) is 15.3. The van der Waals surface area contributed by atoms with Crippen molar-refractivity contribution in [1.82, 2.24) is 24.7 Å². The second-order valence-corrected chi connectivity index (χ2v) is 7.65. The summed E-state index contributed by atoms with van der Waals surface area (Å²) in [4.78, 5) is 0.0579. The van der Waals surface area contributed by atoms with Gasteiger partial charge in [0.25, 0.3) is 0 Å². The molecule has 2 heterocycles. The van der Waals surface area contributed by atoms with Gasteiger partial charge in [-0.3, -0.25) is 0 Å². The van der Waals surface area contributed by atoms with Crippen molar-refractivity contribution >= 4 is 15.8 Å². The van der Waals surface area contributed by atoms with Gasteiger partial charge in [-0.2, -0.15) is 5.10 Å². The molecule has 0 aliphatic heterocycles. The molecule has 0 bridgehead atoms. The Labute approximate surface area is 156 Å². The smallest absolute Gasteiger partial charge is 0.240 e. The molecule has 0 saturated carbocycles. The summed E-state index contributed by atoms with van der Waals surface area (Å²) in [6.45, 7) is 3.89. The molecule has 0 fully saturated rings. The Balaban J connectivity index is 1.54. The highest BCUT2D eigenvalue weighted by molar-refractivity contribution is 7.89. The van der Waals surface area contributed by atoms with E-state index >= 15 is 0 Å². The van der Waals surface area contributed by atoms with E-state index in [1.165, 1.54) is 12.1 Å². The first-order chi connectivity index (χ1) is 12.8. The number of hydrogen-bond donors (Lipinski definition) is 2. The molecule has 0 radical (unpaired) electrons. The third kappa shape index (κ3) is 4.66. The monoisotopic (exact) mass is 390 g/mol. The van der Waals surface area contributed by atoms with Gasteiger partial charge < -0.3 is 5.32 Å². The molecule has 142 valence electrons. The van der Waals surface area contributed by atoms with Gasteiger partial charge in [0.15, 0.2) is 5.82 Å². The van der Waals surface area contributed by atoms with Crippen molar-refractivity contribution in [2.75, 3.05) is 18.4 Å². The average Bonchev–Trinajstić information content (AvgIpc) is 3.05. The quantitative estimate of drug-likeness (QED) is 0.597. The van der Waals surface area contributed by atoms with Crippen LogP contribution in [0.15, 0.2) is 47.5 Å². The Bertz CT molecular complexity index is 1030. The molecule has 1 aromatic carbocycles. The number of aryl methyl sites for hydroxylation is 2. The van der Waals surface area contributed by atoms with E-state index in [-0.39, 0.29) is 11.4 Å². The molecule has 0 aliphatic rings. The van der Waals surface area contributed by atoms with Crippen LogP contribution in [0.3, 0.4) is 0 Å². The lowest BCUT2D eigenvalue weighted by Crippen LogP contribution is -2.29. The summed E-state index contributed by atoms with van der Waals surface area (Å²) in [5.41, 5.74) is 1.23. The first-order valence-electron chi connectivity index (χ1n) is 8.21. The number of benzene rings is 1. The topological polar surface area (TPSA) is 102 Å². The molecule has 0 unspecified atom stereocenters. The van der Waals surface area contributed by atoms with Crippen LogP contribution in [0.5, 0.6) is 0 Å². The fourth-order valence-corrected chi connectivity index (χ4v) is 3.71. The van der Waals surface area contributed by atoms with Crippen molar-refractivity contribution in [3.63, 3.8) is 0 Å². The van der Waals surface area contributed by atoms with Crippen molar-refractivity contribution in [3.05, 3.63) is 59.7 Å². The Morgan fingerprint density at radius 2 is 1.89 bits per heavy atom.